The van der Waals surface area contributed by atoms with Crippen molar-refractivity contribution in [2.75, 3.05) is 20.1 Å². The van der Waals surface area contributed by atoms with Gasteiger partial charge in [0.25, 0.3) is 0 Å². The summed E-state index contributed by atoms with van der Waals surface area (Å²) < 4.78 is 14.9. The van der Waals surface area contributed by atoms with Gasteiger partial charge in [0, 0.05) is 48.0 Å². The first-order valence-corrected chi connectivity index (χ1v) is 9.22. The van der Waals surface area contributed by atoms with Crippen LogP contribution in [0.5, 0.6) is 0 Å². The summed E-state index contributed by atoms with van der Waals surface area (Å²) in [7, 11) is 2.17. The Labute approximate surface area is 157 Å². The first kappa shape index (κ1) is 17.3. The molecule has 0 fully saturated rings. The number of benzene rings is 1. The first-order valence-electron chi connectivity index (χ1n) is 8.84. The van der Waals surface area contributed by atoms with Gasteiger partial charge in [-0.2, -0.15) is 0 Å². The molecule has 1 aliphatic rings. The van der Waals surface area contributed by atoms with Gasteiger partial charge in [-0.05, 0) is 54.9 Å². The predicted octanol–water partition coefficient (Wildman–Crippen LogP) is 4.82. The van der Waals surface area contributed by atoms with E-state index < -0.39 is 6.67 Å². The van der Waals surface area contributed by atoms with E-state index in [-0.39, 0.29) is 0 Å². The van der Waals surface area contributed by atoms with Crippen LogP contribution in [-0.2, 0) is 19.5 Å². The van der Waals surface area contributed by atoms with Gasteiger partial charge in [-0.1, -0.05) is 17.7 Å². The summed E-state index contributed by atoms with van der Waals surface area (Å²) in [6.07, 6.45) is 7.85. The van der Waals surface area contributed by atoms with E-state index >= 15 is 0 Å². The number of nitrogens with zero attached hydrogens (tertiary/aromatic N) is 3. The molecule has 3 heterocycles. The first-order chi connectivity index (χ1) is 12.7. The summed E-state index contributed by atoms with van der Waals surface area (Å²) in [6.45, 7) is 1.56. The van der Waals surface area contributed by atoms with Gasteiger partial charge < -0.3 is 9.47 Å². The van der Waals surface area contributed by atoms with Crippen molar-refractivity contribution < 1.29 is 4.39 Å². The summed E-state index contributed by atoms with van der Waals surface area (Å²) >= 11 is 6.26. The number of hydrogen-bond donors (Lipinski definition) is 0. The van der Waals surface area contributed by atoms with Crippen LogP contribution in [0.4, 0.5) is 4.39 Å². The second-order valence-corrected chi connectivity index (χ2v) is 7.23. The van der Waals surface area contributed by atoms with Gasteiger partial charge in [-0.25, -0.2) is 4.39 Å². The highest BCUT2D eigenvalue weighted by Gasteiger charge is 2.19. The van der Waals surface area contributed by atoms with E-state index in [1.165, 1.54) is 22.2 Å². The molecule has 1 aliphatic heterocycles. The summed E-state index contributed by atoms with van der Waals surface area (Å²) in [5.74, 6) is 0. The highest BCUT2D eigenvalue weighted by atomic mass is 35.5. The molecule has 0 atom stereocenters. The Hall–Kier alpha value is -2.17. The van der Waals surface area contributed by atoms with E-state index in [1.54, 1.807) is 12.3 Å². The van der Waals surface area contributed by atoms with Crippen LogP contribution in [-0.4, -0.2) is 34.6 Å². The number of rotatable bonds is 3. The quantitative estimate of drug-likeness (QED) is 0.660. The van der Waals surface area contributed by atoms with Crippen LogP contribution in [0.1, 0.15) is 22.5 Å². The molecule has 0 spiro atoms. The standard InChI is InChI=1S/C21H21ClFN3/c1-25-9-7-18-19-12-16(22)3-5-20(19)26(21(18)8-10-25)11-6-15-2-4-17(13-23)24-14-15/h2-6,11-12,14H,7-10,13H2,1H3/b11-6+. The van der Waals surface area contributed by atoms with Gasteiger partial charge in [0.15, 0.2) is 0 Å². The molecule has 3 nitrogen and oxygen atoms in total. The third-order valence-corrected chi connectivity index (χ3v) is 5.29. The third-order valence-electron chi connectivity index (χ3n) is 5.06. The van der Waals surface area contributed by atoms with E-state index in [9.17, 15) is 4.39 Å². The van der Waals surface area contributed by atoms with Gasteiger partial charge >= 0.3 is 0 Å². The Balaban J connectivity index is 1.79. The van der Waals surface area contributed by atoms with Crippen molar-refractivity contribution in [3.63, 3.8) is 0 Å². The minimum atomic E-state index is -0.534. The Kier molecular flexibility index (Phi) is 4.79. The summed E-state index contributed by atoms with van der Waals surface area (Å²) in [5, 5.41) is 2.00. The molecule has 2 aromatic heterocycles. The maximum atomic E-state index is 12.6. The molecule has 0 saturated heterocycles. The topological polar surface area (TPSA) is 21.1 Å². The summed E-state index contributed by atoms with van der Waals surface area (Å²) in [6, 6.07) is 9.72. The van der Waals surface area contributed by atoms with Gasteiger partial charge in [-0.3, -0.25) is 4.98 Å². The van der Waals surface area contributed by atoms with Crippen molar-refractivity contribution in [3.05, 3.63) is 64.1 Å². The molecule has 0 aliphatic carbocycles. The van der Waals surface area contributed by atoms with Crippen LogP contribution in [0, 0.1) is 0 Å². The Bertz CT molecular complexity index is 960. The predicted molar refractivity (Wildman–Crippen MR) is 106 cm³/mol. The molecule has 5 heteroatoms. The SMILES string of the molecule is CN1CCc2c(n(/C=C/c3ccc(CF)nc3)c3ccc(Cl)cc23)CC1. The van der Waals surface area contributed by atoms with Crippen molar-refractivity contribution >= 4 is 34.8 Å². The molecule has 0 amide bonds. The fourth-order valence-electron chi connectivity index (χ4n) is 3.61. The zero-order valence-corrected chi connectivity index (χ0v) is 15.5. The number of hydrogen-bond acceptors (Lipinski definition) is 2. The molecule has 0 unspecified atom stereocenters. The van der Waals surface area contributed by atoms with E-state index in [4.69, 9.17) is 11.6 Å². The van der Waals surface area contributed by atoms with Crippen molar-refractivity contribution in [1.29, 1.82) is 0 Å². The molecule has 1 aromatic carbocycles. The van der Waals surface area contributed by atoms with Gasteiger partial charge in [0.2, 0.25) is 0 Å². The lowest BCUT2D eigenvalue weighted by atomic mass is 10.1. The minimum absolute atomic E-state index is 0.458. The van der Waals surface area contributed by atoms with Crippen molar-refractivity contribution in [1.82, 2.24) is 14.5 Å². The number of likely N-dealkylation sites (N-methyl/N-ethyl adjacent to an activating group) is 1. The highest BCUT2D eigenvalue weighted by Crippen LogP contribution is 2.31. The lowest BCUT2D eigenvalue weighted by Gasteiger charge is -2.12. The second kappa shape index (κ2) is 7.22. The lowest BCUT2D eigenvalue weighted by molar-refractivity contribution is 0.351. The van der Waals surface area contributed by atoms with Crippen LogP contribution in [0.25, 0.3) is 23.2 Å². The summed E-state index contributed by atoms with van der Waals surface area (Å²) in [4.78, 5) is 6.49. The van der Waals surface area contributed by atoms with E-state index in [1.807, 2.05) is 18.2 Å². The van der Waals surface area contributed by atoms with Crippen molar-refractivity contribution in [2.45, 2.75) is 19.5 Å². The zero-order chi connectivity index (χ0) is 18.1. The van der Waals surface area contributed by atoms with E-state index in [0.717, 1.165) is 36.5 Å². The molecule has 0 radical (unpaired) electrons. The number of halogens is 2. The third kappa shape index (κ3) is 3.27. The molecular formula is C21H21ClFN3. The Morgan fingerprint density at radius 3 is 2.81 bits per heavy atom. The number of alkyl halides is 1. The van der Waals surface area contributed by atoms with E-state index in [0.29, 0.717) is 5.69 Å². The number of aromatic nitrogens is 2. The minimum Gasteiger partial charge on any atom is -0.320 e. The number of pyridine rings is 1. The van der Waals surface area contributed by atoms with Gasteiger partial charge in [-0.15, -0.1) is 0 Å². The fraction of sp³-hybridized carbons (Fsp3) is 0.286. The van der Waals surface area contributed by atoms with Gasteiger partial charge in [0.05, 0.1) is 11.2 Å². The van der Waals surface area contributed by atoms with Crippen molar-refractivity contribution in [2.24, 2.45) is 0 Å². The molecule has 0 N–H and O–H groups in total. The van der Waals surface area contributed by atoms with Crippen LogP contribution in [0.3, 0.4) is 0 Å². The zero-order valence-electron chi connectivity index (χ0n) is 14.8. The second-order valence-electron chi connectivity index (χ2n) is 6.79. The maximum absolute atomic E-state index is 12.6. The molecular weight excluding hydrogens is 349 g/mol. The largest absolute Gasteiger partial charge is 0.320 e. The van der Waals surface area contributed by atoms with Crippen molar-refractivity contribution in [3.8, 4) is 0 Å². The van der Waals surface area contributed by atoms with Crippen LogP contribution < -0.4 is 0 Å². The molecule has 26 heavy (non-hydrogen) atoms. The molecule has 4 rings (SSSR count). The summed E-state index contributed by atoms with van der Waals surface area (Å²) in [5.41, 5.74) is 5.32. The monoisotopic (exact) mass is 369 g/mol. The fourth-order valence-corrected chi connectivity index (χ4v) is 3.78. The van der Waals surface area contributed by atoms with E-state index in [2.05, 4.69) is 39.8 Å². The van der Waals surface area contributed by atoms with Crippen LogP contribution in [0.15, 0.2) is 36.5 Å². The van der Waals surface area contributed by atoms with Crippen LogP contribution in [0.2, 0.25) is 5.02 Å². The average molecular weight is 370 g/mol. The smallest absolute Gasteiger partial charge is 0.131 e. The molecule has 3 aromatic rings. The molecule has 134 valence electrons. The molecule has 0 bridgehead atoms. The Morgan fingerprint density at radius 2 is 2.04 bits per heavy atom. The van der Waals surface area contributed by atoms with Crippen LogP contribution >= 0.6 is 11.6 Å². The number of fused-ring (bicyclic) bond motifs is 3. The lowest BCUT2D eigenvalue weighted by Crippen LogP contribution is -2.21. The van der Waals surface area contributed by atoms with Gasteiger partial charge in [0.1, 0.15) is 6.67 Å². The Morgan fingerprint density at radius 1 is 1.19 bits per heavy atom. The highest BCUT2D eigenvalue weighted by molar-refractivity contribution is 6.31. The molecule has 0 saturated carbocycles. The normalized spacial score (nSPS) is 15.5. The average Bonchev–Trinajstić information content (AvgIpc) is 2.80. The maximum Gasteiger partial charge on any atom is 0.131 e.